The first kappa shape index (κ1) is 26.9. The number of non-ortho nitro benzene ring substituents is 1. The molecule has 0 fully saturated rings. The molecule has 0 atom stereocenters. The van der Waals surface area contributed by atoms with Gasteiger partial charge in [-0.05, 0) is 41.5 Å². The number of benzene rings is 7. The smallest absolute Gasteiger partial charge is 0.270 e. The van der Waals surface area contributed by atoms with Crippen LogP contribution in [0.15, 0.2) is 164 Å². The second kappa shape index (κ2) is 10.6. The van der Waals surface area contributed by atoms with E-state index in [-0.39, 0.29) is 10.6 Å². The Morgan fingerprint density at radius 1 is 0.468 bits per heavy atom. The quantitative estimate of drug-likeness (QED) is 0.145. The summed E-state index contributed by atoms with van der Waals surface area (Å²) in [5.74, 6) is 0. The van der Waals surface area contributed by atoms with E-state index in [1.54, 1.807) is 12.1 Å². The van der Waals surface area contributed by atoms with Crippen molar-refractivity contribution in [2.45, 2.75) is 0 Å². The van der Waals surface area contributed by atoms with Crippen LogP contribution in [-0.2, 0) is 0 Å². The highest BCUT2D eigenvalue weighted by Gasteiger charge is 2.26. The zero-order chi connectivity index (χ0) is 31.5. The van der Waals surface area contributed by atoms with E-state index >= 15 is 0 Å². The van der Waals surface area contributed by atoms with Gasteiger partial charge < -0.3 is 9.13 Å². The molecule has 5 heteroatoms. The van der Waals surface area contributed by atoms with E-state index in [4.69, 9.17) is 0 Å². The molecule has 0 saturated carbocycles. The average Bonchev–Trinajstić information content (AvgIpc) is 3.65. The Morgan fingerprint density at radius 2 is 0.979 bits per heavy atom. The maximum absolute atomic E-state index is 12.4. The van der Waals surface area contributed by atoms with Crippen molar-refractivity contribution >= 4 is 49.3 Å². The zero-order valence-corrected chi connectivity index (χ0v) is 25.2. The number of rotatable bonds is 5. The lowest BCUT2D eigenvalue weighted by Crippen LogP contribution is -2.02. The molecule has 7 aromatic carbocycles. The second-order valence-electron chi connectivity index (χ2n) is 11.8. The Balaban J connectivity index is 1.52. The molecule has 0 aliphatic carbocycles. The van der Waals surface area contributed by atoms with Gasteiger partial charge >= 0.3 is 0 Å². The van der Waals surface area contributed by atoms with Gasteiger partial charge in [-0.1, -0.05) is 121 Å². The van der Waals surface area contributed by atoms with E-state index in [1.165, 1.54) is 10.8 Å². The summed E-state index contributed by atoms with van der Waals surface area (Å²) in [6.45, 7) is 0. The molecule has 0 saturated heterocycles. The molecular weight excluding hydrogens is 578 g/mol. The largest absolute Gasteiger partial charge is 0.309 e. The van der Waals surface area contributed by atoms with Crippen LogP contribution in [0.1, 0.15) is 0 Å². The van der Waals surface area contributed by atoms with Crippen molar-refractivity contribution in [3.63, 3.8) is 0 Å². The van der Waals surface area contributed by atoms with Crippen LogP contribution >= 0.6 is 0 Å². The summed E-state index contributed by atoms with van der Waals surface area (Å²) in [6, 6.07) is 55.4. The number of para-hydroxylation sites is 3. The van der Waals surface area contributed by atoms with Gasteiger partial charge in [0.15, 0.2) is 0 Å². The summed E-state index contributed by atoms with van der Waals surface area (Å²) >= 11 is 0. The summed E-state index contributed by atoms with van der Waals surface area (Å²) in [4.78, 5) is 12.1. The van der Waals surface area contributed by atoms with Crippen LogP contribution in [-0.4, -0.2) is 14.1 Å². The maximum atomic E-state index is 12.4. The summed E-state index contributed by atoms with van der Waals surface area (Å²) in [5.41, 5.74) is 9.80. The van der Waals surface area contributed by atoms with Gasteiger partial charge in [-0.2, -0.15) is 0 Å². The molecule has 0 N–H and O–H groups in total. The SMILES string of the molecule is O=[N+]([O-])c1cc(-c2ccccc2)c(-n2c3ccccc3c3c2ccc2c4ccccc4n(-c4ccccc4)c23)c(-c2ccccc2)c1. The highest BCUT2D eigenvalue weighted by Crippen LogP contribution is 2.46. The lowest BCUT2D eigenvalue weighted by atomic mass is 9.94. The van der Waals surface area contributed by atoms with Gasteiger partial charge in [-0.25, -0.2) is 0 Å². The van der Waals surface area contributed by atoms with Crippen molar-refractivity contribution in [3.05, 3.63) is 174 Å². The van der Waals surface area contributed by atoms with Crippen LogP contribution in [0.4, 0.5) is 5.69 Å². The third kappa shape index (κ3) is 4.10. The van der Waals surface area contributed by atoms with Crippen molar-refractivity contribution < 1.29 is 4.92 Å². The lowest BCUT2D eigenvalue weighted by Gasteiger charge is -2.19. The van der Waals surface area contributed by atoms with E-state index in [9.17, 15) is 10.1 Å². The molecule has 0 bridgehead atoms. The molecule has 0 amide bonds. The summed E-state index contributed by atoms with van der Waals surface area (Å²) in [7, 11) is 0. The van der Waals surface area contributed by atoms with Crippen LogP contribution in [0.2, 0.25) is 0 Å². The monoisotopic (exact) mass is 605 g/mol. The molecule has 5 nitrogen and oxygen atoms in total. The van der Waals surface area contributed by atoms with Crippen molar-refractivity contribution in [3.8, 4) is 33.6 Å². The minimum atomic E-state index is -0.295. The van der Waals surface area contributed by atoms with E-state index in [1.807, 2.05) is 66.7 Å². The number of fused-ring (bicyclic) bond motifs is 7. The molecule has 2 heterocycles. The Hall–Kier alpha value is -6.46. The number of aromatic nitrogens is 2. The predicted octanol–water partition coefficient (Wildman–Crippen LogP) is 11.1. The first-order chi connectivity index (χ1) is 23.2. The van der Waals surface area contributed by atoms with Gasteiger partial charge in [0.1, 0.15) is 0 Å². The molecule has 0 spiro atoms. The first-order valence-electron chi connectivity index (χ1n) is 15.6. The van der Waals surface area contributed by atoms with E-state index in [0.29, 0.717) is 0 Å². The van der Waals surface area contributed by atoms with Crippen LogP contribution in [0, 0.1) is 10.1 Å². The molecule has 0 unspecified atom stereocenters. The molecule has 2 aromatic heterocycles. The minimum Gasteiger partial charge on any atom is -0.309 e. The first-order valence-corrected chi connectivity index (χ1v) is 15.6. The van der Waals surface area contributed by atoms with E-state index < -0.39 is 0 Å². The van der Waals surface area contributed by atoms with Crippen molar-refractivity contribution in [2.75, 3.05) is 0 Å². The topological polar surface area (TPSA) is 53.0 Å². The number of nitro benzene ring substituents is 1. The van der Waals surface area contributed by atoms with Gasteiger partial charge in [0.2, 0.25) is 0 Å². The Bertz CT molecular complexity index is 2580. The van der Waals surface area contributed by atoms with E-state index in [2.05, 4.69) is 94.1 Å². The van der Waals surface area contributed by atoms with Gasteiger partial charge in [0.05, 0.1) is 32.7 Å². The normalized spacial score (nSPS) is 11.6. The summed E-state index contributed by atoms with van der Waals surface area (Å²) < 4.78 is 4.68. The highest BCUT2D eigenvalue weighted by molar-refractivity contribution is 6.26. The maximum Gasteiger partial charge on any atom is 0.270 e. The summed E-state index contributed by atoms with van der Waals surface area (Å²) in [6.07, 6.45) is 0. The molecule has 222 valence electrons. The number of hydrogen-bond donors (Lipinski definition) is 0. The Morgan fingerprint density at radius 3 is 1.57 bits per heavy atom. The van der Waals surface area contributed by atoms with Gasteiger partial charge in [-0.15, -0.1) is 0 Å². The van der Waals surface area contributed by atoms with Crippen LogP contribution in [0.25, 0.3) is 77.2 Å². The van der Waals surface area contributed by atoms with Gasteiger partial charge in [0, 0.05) is 50.5 Å². The van der Waals surface area contributed by atoms with E-state index in [0.717, 1.165) is 66.5 Å². The Kier molecular flexibility index (Phi) is 6.05. The van der Waals surface area contributed by atoms with Gasteiger partial charge in [0.25, 0.3) is 5.69 Å². The van der Waals surface area contributed by atoms with Crippen LogP contribution in [0.5, 0.6) is 0 Å². The lowest BCUT2D eigenvalue weighted by molar-refractivity contribution is -0.384. The number of hydrogen-bond acceptors (Lipinski definition) is 2. The molecule has 47 heavy (non-hydrogen) atoms. The molecule has 0 aliphatic heterocycles. The molecular formula is C42H27N3O2. The number of nitrogens with zero attached hydrogens (tertiary/aromatic N) is 3. The van der Waals surface area contributed by atoms with Crippen LogP contribution < -0.4 is 0 Å². The fourth-order valence-electron chi connectivity index (χ4n) is 7.24. The second-order valence-corrected chi connectivity index (χ2v) is 11.8. The minimum absolute atomic E-state index is 0.0545. The summed E-state index contributed by atoms with van der Waals surface area (Å²) in [5, 5.41) is 17.0. The third-order valence-electron chi connectivity index (χ3n) is 9.18. The van der Waals surface area contributed by atoms with Crippen molar-refractivity contribution in [2.24, 2.45) is 0 Å². The molecule has 9 rings (SSSR count). The fraction of sp³-hybridized carbons (Fsp3) is 0. The predicted molar refractivity (Wildman–Crippen MR) is 193 cm³/mol. The van der Waals surface area contributed by atoms with Crippen molar-refractivity contribution in [1.29, 1.82) is 0 Å². The molecule has 9 aromatic rings. The van der Waals surface area contributed by atoms with Crippen LogP contribution in [0.3, 0.4) is 0 Å². The standard InChI is InChI=1S/C42H27N3O2/c46-45(47)31-26-35(28-14-4-1-5-15-28)41(36(27-31)29-16-6-2-7-17-29)44-38-23-13-11-21-34(38)40-39(44)25-24-33-32-20-10-12-22-37(32)43(42(33)40)30-18-8-3-9-19-30/h1-27H. The van der Waals surface area contributed by atoms with Gasteiger partial charge in [-0.3, -0.25) is 10.1 Å². The third-order valence-corrected chi connectivity index (χ3v) is 9.18. The number of nitro groups is 1. The molecule has 0 radical (unpaired) electrons. The average molecular weight is 606 g/mol. The fourth-order valence-corrected chi connectivity index (χ4v) is 7.24. The highest BCUT2D eigenvalue weighted by atomic mass is 16.6. The molecule has 0 aliphatic rings. The Labute approximate surface area is 270 Å². The zero-order valence-electron chi connectivity index (χ0n) is 25.2. The van der Waals surface area contributed by atoms with Crippen molar-refractivity contribution in [1.82, 2.24) is 9.13 Å².